The molecule has 0 N–H and O–H groups in total. The van der Waals surface area contributed by atoms with Crippen LogP contribution in [0, 0.1) is 0 Å². The Kier molecular flexibility index (Phi) is 3.35. The lowest BCUT2D eigenvalue weighted by atomic mass is 10.2. The van der Waals surface area contributed by atoms with Gasteiger partial charge < -0.3 is 4.74 Å². The monoisotopic (exact) mass is 226 g/mol. The molecule has 0 unspecified atom stereocenters. The SMILES string of the molecule is C=Cc1ccc(Br)cc1OCC. The molecule has 0 atom stereocenters. The Morgan fingerprint density at radius 3 is 2.92 bits per heavy atom. The molecule has 1 aromatic carbocycles. The number of ether oxygens (including phenoxy) is 1. The number of halogens is 1. The van der Waals surface area contributed by atoms with Gasteiger partial charge in [0.15, 0.2) is 0 Å². The molecule has 64 valence electrons. The predicted octanol–water partition coefficient (Wildman–Crippen LogP) is 3.49. The Labute approximate surface area is 81.2 Å². The third-order valence-corrected chi connectivity index (χ3v) is 1.99. The fraction of sp³-hybridized carbons (Fsp3) is 0.200. The maximum Gasteiger partial charge on any atom is 0.127 e. The summed E-state index contributed by atoms with van der Waals surface area (Å²) in [4.78, 5) is 0. The van der Waals surface area contributed by atoms with Crippen LogP contribution in [0.4, 0.5) is 0 Å². The summed E-state index contributed by atoms with van der Waals surface area (Å²) >= 11 is 3.38. The van der Waals surface area contributed by atoms with Gasteiger partial charge in [-0.25, -0.2) is 0 Å². The summed E-state index contributed by atoms with van der Waals surface area (Å²) in [6.45, 7) is 6.35. The first-order valence-corrected chi connectivity index (χ1v) is 4.62. The van der Waals surface area contributed by atoms with Crippen LogP contribution < -0.4 is 4.74 Å². The van der Waals surface area contributed by atoms with Crippen molar-refractivity contribution in [2.45, 2.75) is 6.92 Å². The molecule has 0 fully saturated rings. The van der Waals surface area contributed by atoms with Gasteiger partial charge >= 0.3 is 0 Å². The molecule has 0 heterocycles. The number of hydrogen-bond acceptors (Lipinski definition) is 1. The molecule has 1 nitrogen and oxygen atoms in total. The van der Waals surface area contributed by atoms with Crippen molar-refractivity contribution in [3.63, 3.8) is 0 Å². The Balaban J connectivity index is 3.03. The Morgan fingerprint density at radius 1 is 1.58 bits per heavy atom. The smallest absolute Gasteiger partial charge is 0.127 e. The van der Waals surface area contributed by atoms with Crippen molar-refractivity contribution in [3.8, 4) is 5.75 Å². The zero-order chi connectivity index (χ0) is 8.97. The van der Waals surface area contributed by atoms with E-state index in [-0.39, 0.29) is 0 Å². The van der Waals surface area contributed by atoms with Crippen LogP contribution in [0.2, 0.25) is 0 Å². The molecular weight excluding hydrogens is 216 g/mol. The van der Waals surface area contributed by atoms with Gasteiger partial charge in [0.2, 0.25) is 0 Å². The molecule has 0 aliphatic rings. The highest BCUT2D eigenvalue weighted by molar-refractivity contribution is 9.10. The van der Waals surface area contributed by atoms with Crippen LogP contribution in [0.3, 0.4) is 0 Å². The lowest BCUT2D eigenvalue weighted by Crippen LogP contribution is -1.93. The number of rotatable bonds is 3. The van der Waals surface area contributed by atoms with E-state index in [1.54, 1.807) is 6.08 Å². The van der Waals surface area contributed by atoms with E-state index in [1.807, 2.05) is 25.1 Å². The standard InChI is InChI=1S/C10H11BrO/c1-3-8-5-6-9(11)7-10(8)12-4-2/h3,5-7H,1,4H2,2H3. The van der Waals surface area contributed by atoms with Gasteiger partial charge in [-0.05, 0) is 19.1 Å². The summed E-state index contributed by atoms with van der Waals surface area (Å²) in [5.41, 5.74) is 1.03. The highest BCUT2D eigenvalue weighted by Gasteiger charge is 1.99. The van der Waals surface area contributed by atoms with Crippen LogP contribution in [0.5, 0.6) is 5.75 Å². The maximum absolute atomic E-state index is 5.41. The maximum atomic E-state index is 5.41. The Hall–Kier alpha value is -0.760. The molecule has 2 heteroatoms. The molecule has 0 aliphatic carbocycles. The highest BCUT2D eigenvalue weighted by Crippen LogP contribution is 2.24. The van der Waals surface area contributed by atoms with E-state index in [4.69, 9.17) is 4.74 Å². The topological polar surface area (TPSA) is 9.23 Å². The predicted molar refractivity (Wildman–Crippen MR) is 55.4 cm³/mol. The molecule has 0 spiro atoms. The summed E-state index contributed by atoms with van der Waals surface area (Å²) in [6.07, 6.45) is 1.79. The lowest BCUT2D eigenvalue weighted by molar-refractivity contribution is 0.339. The molecule has 0 saturated heterocycles. The highest BCUT2D eigenvalue weighted by atomic mass is 79.9. The molecule has 1 rings (SSSR count). The first kappa shape index (κ1) is 9.33. The van der Waals surface area contributed by atoms with Gasteiger partial charge in [-0.3, -0.25) is 0 Å². The van der Waals surface area contributed by atoms with E-state index in [9.17, 15) is 0 Å². The van der Waals surface area contributed by atoms with Crippen LogP contribution in [-0.2, 0) is 0 Å². The molecule has 0 amide bonds. The Bertz CT molecular complexity index is 281. The lowest BCUT2D eigenvalue weighted by Gasteiger charge is -2.06. The van der Waals surface area contributed by atoms with E-state index in [1.165, 1.54) is 0 Å². The van der Waals surface area contributed by atoms with Gasteiger partial charge in [-0.1, -0.05) is 34.7 Å². The number of hydrogen-bond donors (Lipinski definition) is 0. The van der Waals surface area contributed by atoms with E-state index in [0.29, 0.717) is 6.61 Å². The molecule has 0 saturated carbocycles. The second kappa shape index (κ2) is 4.31. The van der Waals surface area contributed by atoms with Crippen LogP contribution in [0.1, 0.15) is 12.5 Å². The second-order valence-electron chi connectivity index (χ2n) is 2.32. The average Bonchev–Trinajstić information content (AvgIpc) is 2.05. The first-order chi connectivity index (χ1) is 5.77. The normalized spacial score (nSPS) is 9.50. The van der Waals surface area contributed by atoms with Crippen LogP contribution in [0.25, 0.3) is 6.08 Å². The Morgan fingerprint density at radius 2 is 2.33 bits per heavy atom. The van der Waals surface area contributed by atoms with E-state index in [0.717, 1.165) is 15.8 Å². The minimum absolute atomic E-state index is 0.678. The minimum Gasteiger partial charge on any atom is -0.493 e. The van der Waals surface area contributed by atoms with Crippen molar-refractivity contribution >= 4 is 22.0 Å². The zero-order valence-corrected chi connectivity index (χ0v) is 8.60. The summed E-state index contributed by atoms with van der Waals surface area (Å²) in [5.74, 6) is 0.877. The van der Waals surface area contributed by atoms with Crippen molar-refractivity contribution in [1.82, 2.24) is 0 Å². The van der Waals surface area contributed by atoms with Crippen molar-refractivity contribution in [2.24, 2.45) is 0 Å². The number of benzene rings is 1. The molecule has 1 aromatic rings. The van der Waals surface area contributed by atoms with Crippen molar-refractivity contribution in [3.05, 3.63) is 34.8 Å². The van der Waals surface area contributed by atoms with E-state index >= 15 is 0 Å². The van der Waals surface area contributed by atoms with Crippen LogP contribution in [0.15, 0.2) is 29.3 Å². The fourth-order valence-electron chi connectivity index (χ4n) is 0.957. The van der Waals surface area contributed by atoms with Gasteiger partial charge in [0.25, 0.3) is 0 Å². The van der Waals surface area contributed by atoms with Gasteiger partial charge in [0, 0.05) is 10.0 Å². The summed E-state index contributed by atoms with van der Waals surface area (Å²) < 4.78 is 6.43. The third-order valence-electron chi connectivity index (χ3n) is 1.50. The average molecular weight is 227 g/mol. The third kappa shape index (κ3) is 2.11. The summed E-state index contributed by atoms with van der Waals surface area (Å²) in [7, 11) is 0. The summed E-state index contributed by atoms with van der Waals surface area (Å²) in [6, 6.07) is 5.89. The molecular formula is C10H11BrO. The van der Waals surface area contributed by atoms with E-state index < -0.39 is 0 Å². The largest absolute Gasteiger partial charge is 0.493 e. The molecule has 12 heavy (non-hydrogen) atoms. The van der Waals surface area contributed by atoms with Crippen molar-refractivity contribution in [2.75, 3.05) is 6.61 Å². The molecule has 0 aromatic heterocycles. The summed E-state index contributed by atoms with van der Waals surface area (Å²) in [5, 5.41) is 0. The van der Waals surface area contributed by atoms with E-state index in [2.05, 4.69) is 22.5 Å². The van der Waals surface area contributed by atoms with Gasteiger partial charge in [0.05, 0.1) is 6.61 Å². The van der Waals surface area contributed by atoms with Crippen LogP contribution in [-0.4, -0.2) is 6.61 Å². The first-order valence-electron chi connectivity index (χ1n) is 3.82. The fourth-order valence-corrected chi connectivity index (χ4v) is 1.30. The minimum atomic E-state index is 0.678. The van der Waals surface area contributed by atoms with Gasteiger partial charge in [-0.2, -0.15) is 0 Å². The molecule has 0 radical (unpaired) electrons. The van der Waals surface area contributed by atoms with Crippen molar-refractivity contribution < 1.29 is 4.74 Å². The zero-order valence-electron chi connectivity index (χ0n) is 7.01. The quantitative estimate of drug-likeness (QED) is 0.767. The second-order valence-corrected chi connectivity index (χ2v) is 3.23. The molecule has 0 aliphatic heterocycles. The van der Waals surface area contributed by atoms with Gasteiger partial charge in [-0.15, -0.1) is 0 Å². The van der Waals surface area contributed by atoms with Crippen molar-refractivity contribution in [1.29, 1.82) is 0 Å². The van der Waals surface area contributed by atoms with Crippen LogP contribution >= 0.6 is 15.9 Å². The molecule has 0 bridgehead atoms. The van der Waals surface area contributed by atoms with Gasteiger partial charge in [0.1, 0.15) is 5.75 Å².